The van der Waals surface area contributed by atoms with E-state index >= 15 is 0 Å². The first-order valence-electron chi connectivity index (χ1n) is 7.16. The molecule has 0 saturated carbocycles. The summed E-state index contributed by atoms with van der Waals surface area (Å²) >= 11 is 11.8. The molecular weight excluding hydrogens is 311 g/mol. The molecule has 4 nitrogen and oxygen atoms in total. The minimum atomic E-state index is -0.807. The van der Waals surface area contributed by atoms with Crippen LogP contribution in [-0.2, 0) is 4.79 Å². The topological polar surface area (TPSA) is 61.4 Å². The van der Waals surface area contributed by atoms with Crippen molar-refractivity contribution in [3.8, 4) is 0 Å². The first kappa shape index (κ1) is 16.6. The van der Waals surface area contributed by atoms with Gasteiger partial charge in [-0.2, -0.15) is 0 Å². The molecule has 3 N–H and O–H groups in total. The molecule has 1 amide bonds. The van der Waals surface area contributed by atoms with Crippen LogP contribution < -0.4 is 10.6 Å². The molecule has 1 atom stereocenters. The molecule has 0 spiro atoms. The van der Waals surface area contributed by atoms with Crippen molar-refractivity contribution < 1.29 is 9.90 Å². The lowest BCUT2D eigenvalue weighted by Crippen LogP contribution is -2.33. The first-order chi connectivity index (χ1) is 10.0. The summed E-state index contributed by atoms with van der Waals surface area (Å²) in [6, 6.07) is 4.91. The maximum absolute atomic E-state index is 11.9. The van der Waals surface area contributed by atoms with Crippen LogP contribution in [0.5, 0.6) is 0 Å². The number of hydrogen-bond acceptors (Lipinski definition) is 3. The molecule has 0 radical (unpaired) electrons. The zero-order chi connectivity index (χ0) is 15.2. The summed E-state index contributed by atoms with van der Waals surface area (Å²) < 4.78 is 0. The van der Waals surface area contributed by atoms with Crippen molar-refractivity contribution in [3.63, 3.8) is 0 Å². The Morgan fingerprint density at radius 1 is 1.29 bits per heavy atom. The molecule has 2 rings (SSSR count). The number of halogens is 2. The predicted octanol–water partition coefficient (Wildman–Crippen LogP) is 2.53. The van der Waals surface area contributed by atoms with Gasteiger partial charge in [-0.25, -0.2) is 0 Å². The van der Waals surface area contributed by atoms with Gasteiger partial charge in [0.25, 0.3) is 0 Å². The van der Waals surface area contributed by atoms with Crippen LogP contribution in [0, 0.1) is 5.92 Å². The normalized spacial score (nSPS) is 17.5. The van der Waals surface area contributed by atoms with E-state index in [-0.39, 0.29) is 12.5 Å². The average molecular weight is 331 g/mol. The maximum atomic E-state index is 11.9. The van der Waals surface area contributed by atoms with E-state index in [2.05, 4.69) is 10.6 Å². The number of piperidine rings is 1. The first-order valence-corrected chi connectivity index (χ1v) is 7.91. The highest BCUT2D eigenvalue weighted by Gasteiger charge is 2.17. The third-order valence-electron chi connectivity index (χ3n) is 3.70. The molecular formula is C15H20Cl2N2O2. The molecule has 0 bridgehead atoms. The average Bonchev–Trinajstić information content (AvgIpc) is 2.45. The van der Waals surface area contributed by atoms with Crippen LogP contribution in [0.4, 0.5) is 0 Å². The summed E-state index contributed by atoms with van der Waals surface area (Å²) in [4.78, 5) is 11.9. The molecule has 116 valence electrons. The SMILES string of the molecule is O=C(CC1CCNCC1)NCC(O)c1cc(Cl)cc(Cl)c1. The number of nitrogens with one attached hydrogen (secondary N) is 2. The monoisotopic (exact) mass is 330 g/mol. The van der Waals surface area contributed by atoms with Crippen molar-refractivity contribution in [1.29, 1.82) is 0 Å². The Bertz CT molecular complexity index is 470. The zero-order valence-corrected chi connectivity index (χ0v) is 13.3. The van der Waals surface area contributed by atoms with Crippen molar-refractivity contribution in [1.82, 2.24) is 10.6 Å². The molecule has 1 aliphatic heterocycles. The van der Waals surface area contributed by atoms with Crippen LogP contribution in [0.15, 0.2) is 18.2 Å². The summed E-state index contributed by atoms with van der Waals surface area (Å²) in [6.45, 7) is 2.11. The van der Waals surface area contributed by atoms with Crippen LogP contribution >= 0.6 is 23.2 Å². The number of carbonyl (C=O) groups excluding carboxylic acids is 1. The van der Waals surface area contributed by atoms with Gasteiger partial charge in [0.1, 0.15) is 0 Å². The fourth-order valence-electron chi connectivity index (χ4n) is 2.52. The third kappa shape index (κ3) is 5.47. The van der Waals surface area contributed by atoms with Crippen molar-refractivity contribution in [2.45, 2.75) is 25.4 Å². The van der Waals surface area contributed by atoms with Crippen molar-refractivity contribution >= 4 is 29.1 Å². The molecule has 1 aromatic carbocycles. The third-order valence-corrected chi connectivity index (χ3v) is 4.13. The highest BCUT2D eigenvalue weighted by Crippen LogP contribution is 2.23. The Labute approximate surface area is 134 Å². The minimum Gasteiger partial charge on any atom is -0.387 e. The minimum absolute atomic E-state index is 0.0194. The number of aliphatic hydroxyl groups is 1. The van der Waals surface area contributed by atoms with E-state index in [1.165, 1.54) is 0 Å². The predicted molar refractivity (Wildman–Crippen MR) is 84.6 cm³/mol. The van der Waals surface area contributed by atoms with Crippen molar-refractivity contribution in [2.24, 2.45) is 5.92 Å². The van der Waals surface area contributed by atoms with E-state index in [0.29, 0.717) is 27.9 Å². The summed E-state index contributed by atoms with van der Waals surface area (Å²) in [5.41, 5.74) is 0.606. The Kier molecular flexibility index (Phi) is 6.30. The zero-order valence-electron chi connectivity index (χ0n) is 11.7. The molecule has 0 aliphatic carbocycles. The van der Waals surface area contributed by atoms with Gasteiger partial charge in [-0.1, -0.05) is 23.2 Å². The van der Waals surface area contributed by atoms with Gasteiger partial charge in [-0.3, -0.25) is 4.79 Å². The number of rotatable bonds is 5. The van der Waals surface area contributed by atoms with Gasteiger partial charge < -0.3 is 15.7 Å². The molecule has 1 heterocycles. The van der Waals surface area contributed by atoms with Gasteiger partial charge in [-0.05, 0) is 55.6 Å². The molecule has 1 saturated heterocycles. The summed E-state index contributed by atoms with van der Waals surface area (Å²) in [6.07, 6.45) is 1.77. The molecule has 6 heteroatoms. The van der Waals surface area contributed by atoms with E-state index in [1.807, 2.05) is 0 Å². The van der Waals surface area contributed by atoms with Crippen LogP contribution in [0.2, 0.25) is 10.0 Å². The van der Waals surface area contributed by atoms with Gasteiger partial charge in [0.2, 0.25) is 5.91 Å². The van der Waals surface area contributed by atoms with Crippen molar-refractivity contribution in [3.05, 3.63) is 33.8 Å². The van der Waals surface area contributed by atoms with Gasteiger partial charge >= 0.3 is 0 Å². The smallest absolute Gasteiger partial charge is 0.220 e. The van der Waals surface area contributed by atoms with Gasteiger partial charge in [0.15, 0.2) is 0 Å². The summed E-state index contributed by atoms with van der Waals surface area (Å²) in [5.74, 6) is 0.415. The Morgan fingerprint density at radius 3 is 2.52 bits per heavy atom. The quantitative estimate of drug-likeness (QED) is 0.777. The fraction of sp³-hybridized carbons (Fsp3) is 0.533. The Balaban J connectivity index is 1.79. The lowest BCUT2D eigenvalue weighted by atomic mass is 9.94. The number of amides is 1. The molecule has 0 aromatic heterocycles. The largest absolute Gasteiger partial charge is 0.387 e. The molecule has 1 aromatic rings. The van der Waals surface area contributed by atoms with Crippen LogP contribution in [0.25, 0.3) is 0 Å². The van der Waals surface area contributed by atoms with E-state index in [9.17, 15) is 9.90 Å². The van der Waals surface area contributed by atoms with Gasteiger partial charge in [0, 0.05) is 23.0 Å². The van der Waals surface area contributed by atoms with E-state index in [0.717, 1.165) is 25.9 Å². The fourth-order valence-corrected chi connectivity index (χ4v) is 3.06. The lowest BCUT2D eigenvalue weighted by Gasteiger charge is -2.22. The van der Waals surface area contributed by atoms with Crippen LogP contribution in [-0.4, -0.2) is 30.6 Å². The van der Waals surface area contributed by atoms with E-state index < -0.39 is 6.10 Å². The maximum Gasteiger partial charge on any atom is 0.220 e. The summed E-state index contributed by atoms with van der Waals surface area (Å²) in [7, 11) is 0. The molecule has 21 heavy (non-hydrogen) atoms. The highest BCUT2D eigenvalue weighted by molar-refractivity contribution is 6.34. The lowest BCUT2D eigenvalue weighted by molar-refractivity contribution is -0.122. The standard InChI is InChI=1S/C15H20Cl2N2O2/c16-12-6-11(7-13(17)8-12)14(20)9-19-15(21)5-10-1-3-18-4-2-10/h6-8,10,14,18,20H,1-5,9H2,(H,19,21). The second kappa shape index (κ2) is 7.99. The Morgan fingerprint density at radius 2 is 1.90 bits per heavy atom. The van der Waals surface area contributed by atoms with Gasteiger partial charge in [0.05, 0.1) is 6.10 Å². The van der Waals surface area contributed by atoms with E-state index in [1.54, 1.807) is 18.2 Å². The molecule has 1 aliphatic rings. The second-order valence-corrected chi connectivity index (χ2v) is 6.29. The number of aliphatic hydroxyl groups excluding tert-OH is 1. The molecule has 1 fully saturated rings. The van der Waals surface area contributed by atoms with Crippen LogP contribution in [0.3, 0.4) is 0 Å². The second-order valence-electron chi connectivity index (χ2n) is 5.42. The van der Waals surface area contributed by atoms with Gasteiger partial charge in [-0.15, -0.1) is 0 Å². The van der Waals surface area contributed by atoms with Crippen molar-refractivity contribution in [2.75, 3.05) is 19.6 Å². The van der Waals surface area contributed by atoms with E-state index in [4.69, 9.17) is 23.2 Å². The number of carbonyl (C=O) groups is 1. The molecule has 1 unspecified atom stereocenters. The highest BCUT2D eigenvalue weighted by atomic mass is 35.5. The number of benzene rings is 1. The summed E-state index contributed by atoms with van der Waals surface area (Å²) in [5, 5.41) is 17.1. The Hall–Kier alpha value is -0.810. The number of hydrogen-bond donors (Lipinski definition) is 3. The van der Waals surface area contributed by atoms with Crippen LogP contribution in [0.1, 0.15) is 30.9 Å².